The lowest BCUT2D eigenvalue weighted by molar-refractivity contribution is -0.172. The van der Waals surface area contributed by atoms with Crippen LogP contribution in [0.1, 0.15) is 76.3 Å². The van der Waals surface area contributed by atoms with Gasteiger partial charge in [0.1, 0.15) is 28.8 Å². The summed E-state index contributed by atoms with van der Waals surface area (Å²) in [5.74, 6) is 4.45. The largest absolute Gasteiger partial charge is 0.457 e. The van der Waals surface area contributed by atoms with Gasteiger partial charge in [0.15, 0.2) is 5.11 Å². The first kappa shape index (κ1) is 33.5. The molecule has 0 saturated heterocycles. The third kappa shape index (κ3) is 7.66. The normalized spacial score (nSPS) is 19.4. The van der Waals surface area contributed by atoms with Gasteiger partial charge in [0, 0.05) is 43.0 Å². The Morgan fingerprint density at radius 1 is 0.792 bits per heavy atom. The molecule has 2 atom stereocenters. The van der Waals surface area contributed by atoms with Gasteiger partial charge in [-0.05, 0) is 68.2 Å². The quantitative estimate of drug-likeness (QED) is 0.208. The molecule has 0 radical (unpaired) electrons. The molecule has 1 spiro atoms. The molecule has 3 heterocycles. The van der Waals surface area contributed by atoms with Gasteiger partial charge in [-0.1, -0.05) is 93.6 Å². The predicted molar refractivity (Wildman–Crippen MR) is 197 cm³/mol. The molecule has 250 valence electrons. The smallest absolute Gasteiger partial charge is 0.220 e. The van der Waals surface area contributed by atoms with Gasteiger partial charge in [-0.25, -0.2) is 14.9 Å². The van der Waals surface area contributed by atoms with Crippen molar-refractivity contribution in [2.45, 2.75) is 78.1 Å². The monoisotopic (exact) mass is 662 g/mol. The predicted octanol–water partition coefficient (Wildman–Crippen LogP) is 9.24. The minimum atomic E-state index is -0.765. The van der Waals surface area contributed by atoms with Crippen molar-refractivity contribution in [3.63, 3.8) is 0 Å². The number of nitrogens with one attached hydrogen (secondary N) is 2. The average Bonchev–Trinajstić information content (AvgIpc) is 3.14. The molecule has 2 N–H and O–H groups in total. The van der Waals surface area contributed by atoms with Crippen LogP contribution in [-0.2, 0) is 23.4 Å². The number of hydrogen-bond acceptors (Lipinski definition) is 6. The van der Waals surface area contributed by atoms with E-state index in [1.807, 2.05) is 84.9 Å². The van der Waals surface area contributed by atoms with Crippen molar-refractivity contribution in [1.82, 2.24) is 15.7 Å². The average molecular weight is 663 g/mol. The van der Waals surface area contributed by atoms with Gasteiger partial charge in [-0.2, -0.15) is 0 Å². The topological polar surface area (TPSA) is 67.4 Å². The Bertz CT molecular complexity index is 1830. The molecule has 7 nitrogen and oxygen atoms in total. The van der Waals surface area contributed by atoms with E-state index in [9.17, 15) is 0 Å². The van der Waals surface area contributed by atoms with Crippen molar-refractivity contribution in [2.75, 3.05) is 7.05 Å². The number of fused-ring (bicyclic) bond motifs is 5. The summed E-state index contributed by atoms with van der Waals surface area (Å²) < 4.78 is 12.3. The number of benzene rings is 4. The molecule has 0 fully saturated rings. The highest BCUT2D eigenvalue weighted by Crippen LogP contribution is 2.47. The van der Waals surface area contributed by atoms with Crippen molar-refractivity contribution < 1.29 is 14.3 Å². The molecule has 3 aliphatic rings. The van der Waals surface area contributed by atoms with E-state index >= 15 is 0 Å². The standard InChI is InChI=1S/C21H24N2O2.C19H22N2OS/c1-20(2,3)14-19-22-21(25-23(19)4)13-15-9-5-7-11-17(15)24-18-12-8-6-10-16(18)21;1-19(2,3)21-18(23)20-15-12-13-8-4-6-10-16(13)22-17-11-7-5-9-14(15)17/h5-12H,13-14H2,1-4H3;4-11,15H,12H2,1-3H3,(H2,20,21,23). The summed E-state index contributed by atoms with van der Waals surface area (Å²) in [6.07, 6.45) is 2.34. The molecule has 0 aliphatic carbocycles. The fourth-order valence-electron chi connectivity index (χ4n) is 6.23. The molecule has 4 aromatic rings. The summed E-state index contributed by atoms with van der Waals surface area (Å²) in [6.45, 7) is 12.9. The number of aliphatic imine (C=N–C) groups is 1. The zero-order chi connectivity index (χ0) is 34.1. The highest BCUT2D eigenvalue weighted by molar-refractivity contribution is 7.80. The minimum absolute atomic E-state index is 0.0667. The number of ether oxygens (including phenoxy) is 2. The zero-order valence-corrected chi connectivity index (χ0v) is 29.8. The highest BCUT2D eigenvalue weighted by atomic mass is 32.1. The van der Waals surface area contributed by atoms with Gasteiger partial charge >= 0.3 is 0 Å². The summed E-state index contributed by atoms with van der Waals surface area (Å²) in [6, 6.07) is 32.5. The molecule has 48 heavy (non-hydrogen) atoms. The van der Waals surface area contributed by atoms with E-state index in [0.717, 1.165) is 58.4 Å². The van der Waals surface area contributed by atoms with Crippen molar-refractivity contribution in [1.29, 1.82) is 0 Å². The second-order valence-corrected chi connectivity index (χ2v) is 15.3. The van der Waals surface area contributed by atoms with Crippen molar-refractivity contribution >= 4 is 23.2 Å². The van der Waals surface area contributed by atoms with Crippen LogP contribution in [0.2, 0.25) is 0 Å². The van der Waals surface area contributed by atoms with Crippen LogP contribution < -0.4 is 20.1 Å². The van der Waals surface area contributed by atoms with Crippen LogP contribution in [0, 0.1) is 5.41 Å². The van der Waals surface area contributed by atoms with Gasteiger partial charge in [-0.3, -0.25) is 0 Å². The SMILES string of the molecule is CC(C)(C)NC(=S)NC1Cc2ccccc2Oc2ccccc21.CN1OC2(Cc3ccccc3Oc3ccccc32)N=C1CC(C)(C)C. The molecule has 0 amide bonds. The molecule has 0 saturated carbocycles. The summed E-state index contributed by atoms with van der Waals surface area (Å²) in [5.41, 5.74) is 3.69. The number of thiocarbonyl (C=S) groups is 1. The van der Waals surface area contributed by atoms with Crippen LogP contribution in [0.5, 0.6) is 23.0 Å². The fourth-order valence-corrected chi connectivity index (χ4v) is 6.68. The van der Waals surface area contributed by atoms with Crippen LogP contribution in [0.4, 0.5) is 0 Å². The van der Waals surface area contributed by atoms with Crippen molar-refractivity contribution in [3.05, 3.63) is 119 Å². The zero-order valence-electron chi connectivity index (χ0n) is 29.0. The first-order chi connectivity index (χ1) is 22.8. The molecule has 0 bridgehead atoms. The number of hydrogen-bond donors (Lipinski definition) is 2. The van der Waals surface area contributed by atoms with Crippen LogP contribution in [0.3, 0.4) is 0 Å². The fraction of sp³-hybridized carbons (Fsp3) is 0.350. The number of nitrogens with zero attached hydrogens (tertiary/aromatic N) is 2. The number of para-hydroxylation sites is 4. The third-order valence-corrected chi connectivity index (χ3v) is 8.50. The van der Waals surface area contributed by atoms with Gasteiger partial charge in [0.2, 0.25) is 5.72 Å². The second kappa shape index (κ2) is 13.2. The van der Waals surface area contributed by atoms with E-state index in [0.29, 0.717) is 11.5 Å². The van der Waals surface area contributed by atoms with Gasteiger partial charge < -0.3 is 20.1 Å². The lowest BCUT2D eigenvalue weighted by atomic mass is 9.91. The number of amidine groups is 1. The number of rotatable bonds is 2. The van der Waals surface area contributed by atoms with Crippen LogP contribution >= 0.6 is 12.2 Å². The summed E-state index contributed by atoms with van der Waals surface area (Å²) in [7, 11) is 1.94. The van der Waals surface area contributed by atoms with E-state index in [1.165, 1.54) is 5.56 Å². The van der Waals surface area contributed by atoms with E-state index in [2.05, 4.69) is 76.4 Å². The lowest BCUT2D eigenvalue weighted by Crippen LogP contribution is -2.47. The molecule has 2 unspecified atom stereocenters. The molecule has 4 aromatic carbocycles. The maximum absolute atomic E-state index is 6.36. The Kier molecular flexibility index (Phi) is 9.25. The minimum Gasteiger partial charge on any atom is -0.457 e. The Hall–Kier alpha value is -4.40. The Morgan fingerprint density at radius 3 is 2.04 bits per heavy atom. The first-order valence-electron chi connectivity index (χ1n) is 16.6. The van der Waals surface area contributed by atoms with Gasteiger partial charge in [-0.15, -0.1) is 0 Å². The van der Waals surface area contributed by atoms with Crippen LogP contribution in [0.25, 0.3) is 0 Å². The molecular formula is C40H46N4O3S. The van der Waals surface area contributed by atoms with E-state index in [4.69, 9.17) is 31.5 Å². The Morgan fingerprint density at radius 2 is 1.35 bits per heavy atom. The van der Waals surface area contributed by atoms with E-state index in [1.54, 1.807) is 0 Å². The van der Waals surface area contributed by atoms with Crippen molar-refractivity contribution in [2.24, 2.45) is 10.4 Å². The van der Waals surface area contributed by atoms with Gasteiger partial charge in [0.05, 0.1) is 11.6 Å². The van der Waals surface area contributed by atoms with E-state index in [-0.39, 0.29) is 17.0 Å². The Balaban J connectivity index is 0.000000168. The summed E-state index contributed by atoms with van der Waals surface area (Å²) >= 11 is 5.49. The molecule has 3 aliphatic heterocycles. The molecule has 8 heteroatoms. The highest BCUT2D eigenvalue weighted by Gasteiger charge is 2.46. The van der Waals surface area contributed by atoms with Gasteiger partial charge in [0.25, 0.3) is 0 Å². The summed E-state index contributed by atoms with van der Waals surface area (Å²) in [4.78, 5) is 11.4. The summed E-state index contributed by atoms with van der Waals surface area (Å²) in [5, 5.41) is 9.27. The van der Waals surface area contributed by atoms with Crippen molar-refractivity contribution in [3.8, 4) is 23.0 Å². The lowest BCUT2D eigenvalue weighted by Gasteiger charge is -2.26. The number of hydroxylamine groups is 2. The molecule has 7 rings (SSSR count). The second-order valence-electron chi connectivity index (χ2n) is 14.9. The maximum atomic E-state index is 6.36. The van der Waals surface area contributed by atoms with E-state index < -0.39 is 5.72 Å². The third-order valence-electron chi connectivity index (χ3n) is 8.28. The Labute approximate surface area is 290 Å². The van der Waals surface area contributed by atoms with Crippen LogP contribution in [0.15, 0.2) is 102 Å². The first-order valence-corrected chi connectivity index (χ1v) is 17.0. The maximum Gasteiger partial charge on any atom is 0.220 e. The molecular weight excluding hydrogens is 617 g/mol. The molecule has 0 aromatic heterocycles. The van der Waals surface area contributed by atoms with Crippen LogP contribution in [-0.4, -0.2) is 28.6 Å².